The number of nitrogens with one attached hydrogen (secondary N) is 1. The highest BCUT2D eigenvalue weighted by atomic mass is 16.3. The number of carbonyl (C=O) groups is 1. The molecule has 1 fully saturated rings. The maximum atomic E-state index is 11.2. The molecule has 1 aliphatic rings. The number of amides is 1. The van der Waals surface area contributed by atoms with Crippen molar-refractivity contribution < 1.29 is 9.90 Å². The van der Waals surface area contributed by atoms with Gasteiger partial charge in [0.25, 0.3) is 0 Å². The number of likely N-dealkylation sites (tertiary alicyclic amines) is 1. The summed E-state index contributed by atoms with van der Waals surface area (Å²) in [6.45, 7) is 8.38. The zero-order valence-electron chi connectivity index (χ0n) is 12.5. The molecule has 1 aromatic carbocycles. The van der Waals surface area contributed by atoms with Crippen LogP contribution in [0.25, 0.3) is 0 Å². The number of aliphatic hydroxyl groups is 1. The quantitative estimate of drug-likeness (QED) is 0.870. The molecule has 2 rings (SSSR count). The lowest BCUT2D eigenvalue weighted by Gasteiger charge is -2.18. The van der Waals surface area contributed by atoms with Gasteiger partial charge in [-0.05, 0) is 25.0 Å². The minimum absolute atomic E-state index is 0.0259. The molecule has 1 aromatic rings. The van der Waals surface area contributed by atoms with Crippen LogP contribution < -0.4 is 5.32 Å². The van der Waals surface area contributed by atoms with Crippen LogP contribution in [-0.2, 0) is 11.3 Å². The molecule has 0 radical (unpaired) electrons. The van der Waals surface area contributed by atoms with E-state index in [-0.39, 0.29) is 24.5 Å². The SMILES string of the molecule is CC(=O)N[C@@H]1CN(Cc2cc(C)ccc2C)C[C@H]1CO. The zero-order valence-corrected chi connectivity index (χ0v) is 12.5. The van der Waals surface area contributed by atoms with Gasteiger partial charge in [-0.3, -0.25) is 9.69 Å². The second-order valence-electron chi connectivity index (χ2n) is 5.87. The summed E-state index contributed by atoms with van der Waals surface area (Å²) in [6, 6.07) is 6.55. The van der Waals surface area contributed by atoms with Gasteiger partial charge in [-0.15, -0.1) is 0 Å². The summed E-state index contributed by atoms with van der Waals surface area (Å²) in [6.07, 6.45) is 0. The summed E-state index contributed by atoms with van der Waals surface area (Å²) in [7, 11) is 0. The lowest BCUT2D eigenvalue weighted by molar-refractivity contribution is -0.119. The van der Waals surface area contributed by atoms with Crippen LogP contribution in [0, 0.1) is 19.8 Å². The molecule has 0 aliphatic carbocycles. The average Bonchev–Trinajstić information content (AvgIpc) is 2.75. The van der Waals surface area contributed by atoms with Crippen molar-refractivity contribution in [3.05, 3.63) is 34.9 Å². The Morgan fingerprint density at radius 3 is 2.80 bits per heavy atom. The number of hydrogen-bond donors (Lipinski definition) is 2. The van der Waals surface area contributed by atoms with Crippen molar-refractivity contribution in [2.24, 2.45) is 5.92 Å². The molecule has 4 nitrogen and oxygen atoms in total. The van der Waals surface area contributed by atoms with Gasteiger partial charge in [-0.25, -0.2) is 0 Å². The van der Waals surface area contributed by atoms with E-state index < -0.39 is 0 Å². The normalized spacial score (nSPS) is 23.0. The summed E-state index contributed by atoms with van der Waals surface area (Å²) in [5.41, 5.74) is 3.88. The summed E-state index contributed by atoms with van der Waals surface area (Å²) < 4.78 is 0. The number of hydrogen-bond acceptors (Lipinski definition) is 3. The summed E-state index contributed by atoms with van der Waals surface area (Å²) in [4.78, 5) is 13.5. The minimum atomic E-state index is -0.0259. The van der Waals surface area contributed by atoms with Gasteiger partial charge in [0, 0.05) is 45.1 Å². The second kappa shape index (κ2) is 6.37. The van der Waals surface area contributed by atoms with E-state index in [0.29, 0.717) is 0 Å². The molecule has 110 valence electrons. The number of carbonyl (C=O) groups excluding carboxylic acids is 1. The second-order valence-corrected chi connectivity index (χ2v) is 5.87. The molecule has 0 spiro atoms. The molecule has 1 heterocycles. The van der Waals surface area contributed by atoms with Crippen LogP contribution >= 0.6 is 0 Å². The Morgan fingerprint density at radius 2 is 2.15 bits per heavy atom. The van der Waals surface area contributed by atoms with Crippen molar-refractivity contribution in [2.45, 2.75) is 33.4 Å². The molecule has 0 bridgehead atoms. The van der Waals surface area contributed by atoms with Gasteiger partial charge in [0.2, 0.25) is 5.91 Å². The highest BCUT2D eigenvalue weighted by Crippen LogP contribution is 2.21. The predicted molar refractivity (Wildman–Crippen MR) is 79.4 cm³/mol. The smallest absolute Gasteiger partial charge is 0.217 e. The van der Waals surface area contributed by atoms with Gasteiger partial charge >= 0.3 is 0 Å². The Hall–Kier alpha value is -1.39. The molecule has 0 unspecified atom stereocenters. The summed E-state index contributed by atoms with van der Waals surface area (Å²) >= 11 is 0. The predicted octanol–water partition coefficient (Wildman–Crippen LogP) is 1.23. The third-order valence-corrected chi connectivity index (χ3v) is 4.04. The largest absolute Gasteiger partial charge is 0.396 e. The van der Waals surface area contributed by atoms with Crippen LogP contribution in [0.5, 0.6) is 0 Å². The van der Waals surface area contributed by atoms with Crippen LogP contribution in [0.3, 0.4) is 0 Å². The first-order chi connectivity index (χ1) is 9.49. The first-order valence-electron chi connectivity index (χ1n) is 7.16. The maximum Gasteiger partial charge on any atom is 0.217 e. The zero-order chi connectivity index (χ0) is 14.7. The van der Waals surface area contributed by atoms with Crippen LogP contribution in [0.15, 0.2) is 18.2 Å². The first kappa shape index (κ1) is 15.0. The molecule has 1 saturated heterocycles. The topological polar surface area (TPSA) is 52.6 Å². The van der Waals surface area contributed by atoms with Crippen LogP contribution in [-0.4, -0.2) is 41.7 Å². The van der Waals surface area contributed by atoms with Gasteiger partial charge in [-0.1, -0.05) is 23.8 Å². The fourth-order valence-electron chi connectivity index (χ4n) is 2.91. The molecule has 4 heteroatoms. The van der Waals surface area contributed by atoms with Crippen LogP contribution in [0.2, 0.25) is 0 Å². The standard InChI is InChI=1S/C16H24N2O2/c1-11-4-5-12(2)14(6-11)7-18-8-15(10-19)16(9-18)17-13(3)20/h4-6,15-16,19H,7-10H2,1-3H3,(H,17,20)/t15-,16+/m0/s1. The summed E-state index contributed by atoms with van der Waals surface area (Å²) in [5.74, 6) is 0.103. The van der Waals surface area contributed by atoms with E-state index in [4.69, 9.17) is 0 Å². The third kappa shape index (κ3) is 3.58. The maximum absolute atomic E-state index is 11.2. The van der Waals surface area contributed by atoms with E-state index in [0.717, 1.165) is 19.6 Å². The van der Waals surface area contributed by atoms with Gasteiger partial charge < -0.3 is 10.4 Å². The highest BCUT2D eigenvalue weighted by Gasteiger charge is 2.32. The van der Waals surface area contributed by atoms with Crippen molar-refractivity contribution in [2.75, 3.05) is 19.7 Å². The number of benzene rings is 1. The first-order valence-corrected chi connectivity index (χ1v) is 7.16. The van der Waals surface area contributed by atoms with Crippen molar-refractivity contribution in [1.82, 2.24) is 10.2 Å². The molecule has 1 aliphatic heterocycles. The molecular weight excluding hydrogens is 252 g/mol. The Labute approximate surface area is 120 Å². The highest BCUT2D eigenvalue weighted by molar-refractivity contribution is 5.73. The Morgan fingerprint density at radius 1 is 1.40 bits per heavy atom. The van der Waals surface area contributed by atoms with Crippen molar-refractivity contribution in [1.29, 1.82) is 0 Å². The fourth-order valence-corrected chi connectivity index (χ4v) is 2.91. The van der Waals surface area contributed by atoms with Gasteiger partial charge in [0.05, 0.1) is 0 Å². The average molecular weight is 276 g/mol. The van der Waals surface area contributed by atoms with E-state index in [9.17, 15) is 9.90 Å². The Balaban J connectivity index is 2.04. The molecule has 1 amide bonds. The lowest BCUT2D eigenvalue weighted by atomic mass is 10.1. The van der Waals surface area contributed by atoms with Gasteiger partial charge in [-0.2, -0.15) is 0 Å². The van der Waals surface area contributed by atoms with Crippen LogP contribution in [0.4, 0.5) is 0 Å². The van der Waals surface area contributed by atoms with Crippen LogP contribution in [0.1, 0.15) is 23.6 Å². The molecule has 0 aromatic heterocycles. The monoisotopic (exact) mass is 276 g/mol. The minimum Gasteiger partial charge on any atom is -0.396 e. The number of rotatable bonds is 4. The third-order valence-electron chi connectivity index (χ3n) is 4.04. The van der Waals surface area contributed by atoms with E-state index in [1.807, 2.05) is 0 Å². The van der Waals surface area contributed by atoms with Crippen molar-refractivity contribution >= 4 is 5.91 Å². The molecule has 2 N–H and O–H groups in total. The molecule has 0 saturated carbocycles. The molecule has 2 atom stereocenters. The number of aryl methyl sites for hydroxylation is 2. The Bertz CT molecular complexity index is 487. The fraction of sp³-hybridized carbons (Fsp3) is 0.562. The van der Waals surface area contributed by atoms with E-state index in [1.54, 1.807) is 0 Å². The lowest BCUT2D eigenvalue weighted by Crippen LogP contribution is -2.40. The summed E-state index contributed by atoms with van der Waals surface area (Å²) in [5, 5.41) is 12.4. The Kier molecular flexibility index (Phi) is 4.78. The van der Waals surface area contributed by atoms with Crippen molar-refractivity contribution in [3.63, 3.8) is 0 Å². The number of nitrogens with zero attached hydrogens (tertiary/aromatic N) is 1. The van der Waals surface area contributed by atoms with E-state index in [1.165, 1.54) is 23.6 Å². The molecule has 20 heavy (non-hydrogen) atoms. The van der Waals surface area contributed by atoms with Gasteiger partial charge in [0.15, 0.2) is 0 Å². The molecular formula is C16H24N2O2. The van der Waals surface area contributed by atoms with E-state index in [2.05, 4.69) is 42.3 Å². The van der Waals surface area contributed by atoms with E-state index >= 15 is 0 Å². The van der Waals surface area contributed by atoms with Crippen molar-refractivity contribution in [3.8, 4) is 0 Å². The van der Waals surface area contributed by atoms with Gasteiger partial charge in [0.1, 0.15) is 0 Å². The number of aliphatic hydroxyl groups excluding tert-OH is 1.